The summed E-state index contributed by atoms with van der Waals surface area (Å²) < 4.78 is 11.7. The van der Waals surface area contributed by atoms with Gasteiger partial charge in [-0.1, -0.05) is 19.3 Å². The van der Waals surface area contributed by atoms with E-state index in [0.717, 1.165) is 15.7 Å². The maximum atomic E-state index is 10.9. The first-order valence-electron chi connectivity index (χ1n) is 7.61. The molecular formula is C16H23IN2O3. The van der Waals surface area contributed by atoms with Crippen molar-refractivity contribution in [2.75, 3.05) is 13.7 Å². The fourth-order valence-electron chi connectivity index (χ4n) is 2.73. The number of amides is 1. The summed E-state index contributed by atoms with van der Waals surface area (Å²) >= 11 is 2.19. The highest BCUT2D eigenvalue weighted by atomic mass is 127. The molecule has 0 aromatic heterocycles. The number of hydrogen-bond acceptors (Lipinski definition) is 4. The average Bonchev–Trinajstić information content (AvgIpc) is 2.52. The van der Waals surface area contributed by atoms with E-state index in [2.05, 4.69) is 34.0 Å². The first kappa shape index (κ1) is 17.3. The SMILES string of the molecule is COc1cc(CNC2CCCCC2)cc(I)c1OCC(N)=O. The van der Waals surface area contributed by atoms with Gasteiger partial charge < -0.3 is 20.5 Å². The van der Waals surface area contributed by atoms with Crippen LogP contribution >= 0.6 is 22.6 Å². The molecule has 0 bridgehead atoms. The Balaban J connectivity index is 2.02. The van der Waals surface area contributed by atoms with E-state index in [4.69, 9.17) is 15.2 Å². The molecule has 1 amide bonds. The largest absolute Gasteiger partial charge is 0.493 e. The lowest BCUT2D eigenvalue weighted by Gasteiger charge is -2.23. The number of halogens is 1. The molecular weight excluding hydrogens is 395 g/mol. The smallest absolute Gasteiger partial charge is 0.255 e. The molecule has 6 heteroatoms. The Hall–Kier alpha value is -1.02. The molecule has 1 aromatic rings. The first-order chi connectivity index (χ1) is 10.6. The Morgan fingerprint density at radius 2 is 2.09 bits per heavy atom. The van der Waals surface area contributed by atoms with E-state index < -0.39 is 5.91 Å². The number of carbonyl (C=O) groups is 1. The second-order valence-corrected chi connectivity index (χ2v) is 6.74. The maximum Gasteiger partial charge on any atom is 0.255 e. The van der Waals surface area contributed by atoms with Gasteiger partial charge in [-0.2, -0.15) is 0 Å². The van der Waals surface area contributed by atoms with E-state index in [1.165, 1.54) is 32.1 Å². The predicted molar refractivity (Wildman–Crippen MR) is 94.1 cm³/mol. The number of primary amides is 1. The zero-order chi connectivity index (χ0) is 15.9. The zero-order valence-electron chi connectivity index (χ0n) is 12.9. The van der Waals surface area contributed by atoms with Crippen molar-refractivity contribution in [3.8, 4) is 11.5 Å². The maximum absolute atomic E-state index is 10.9. The van der Waals surface area contributed by atoms with Crippen LogP contribution < -0.4 is 20.5 Å². The molecule has 5 nitrogen and oxygen atoms in total. The fourth-order valence-corrected chi connectivity index (χ4v) is 3.55. The van der Waals surface area contributed by atoms with Crippen molar-refractivity contribution in [2.24, 2.45) is 5.73 Å². The topological polar surface area (TPSA) is 73.6 Å². The molecule has 0 heterocycles. The molecule has 0 atom stereocenters. The van der Waals surface area contributed by atoms with Crippen molar-refractivity contribution >= 4 is 28.5 Å². The highest BCUT2D eigenvalue weighted by molar-refractivity contribution is 14.1. The minimum atomic E-state index is -0.499. The van der Waals surface area contributed by atoms with Gasteiger partial charge in [0.25, 0.3) is 5.91 Å². The van der Waals surface area contributed by atoms with Crippen LogP contribution in [0.3, 0.4) is 0 Å². The number of ether oxygens (including phenoxy) is 2. The second kappa shape index (κ2) is 8.57. The Morgan fingerprint density at radius 1 is 1.36 bits per heavy atom. The third kappa shape index (κ3) is 5.01. The molecule has 0 aliphatic heterocycles. The van der Waals surface area contributed by atoms with E-state index in [9.17, 15) is 4.79 Å². The molecule has 122 valence electrons. The molecule has 0 unspecified atom stereocenters. The summed E-state index contributed by atoms with van der Waals surface area (Å²) in [7, 11) is 1.60. The number of carbonyl (C=O) groups excluding carboxylic acids is 1. The highest BCUT2D eigenvalue weighted by Crippen LogP contribution is 2.34. The monoisotopic (exact) mass is 418 g/mol. The molecule has 1 aliphatic rings. The Labute approximate surface area is 145 Å². The third-order valence-electron chi connectivity index (χ3n) is 3.85. The van der Waals surface area contributed by atoms with Crippen LogP contribution in [0.4, 0.5) is 0 Å². The van der Waals surface area contributed by atoms with Gasteiger partial charge in [0.2, 0.25) is 0 Å². The quantitative estimate of drug-likeness (QED) is 0.668. The summed E-state index contributed by atoms with van der Waals surface area (Å²) in [6.07, 6.45) is 6.51. The first-order valence-corrected chi connectivity index (χ1v) is 8.69. The lowest BCUT2D eigenvalue weighted by atomic mass is 9.95. The van der Waals surface area contributed by atoms with Gasteiger partial charge in [0.15, 0.2) is 18.1 Å². The zero-order valence-corrected chi connectivity index (χ0v) is 15.0. The van der Waals surface area contributed by atoms with Gasteiger partial charge in [-0.15, -0.1) is 0 Å². The molecule has 1 aromatic carbocycles. The Bertz CT molecular complexity index is 516. The van der Waals surface area contributed by atoms with Crippen LogP contribution in [0.5, 0.6) is 11.5 Å². The van der Waals surface area contributed by atoms with Crippen LogP contribution in [0.15, 0.2) is 12.1 Å². The van der Waals surface area contributed by atoms with Crippen molar-refractivity contribution in [1.29, 1.82) is 0 Å². The van der Waals surface area contributed by atoms with Crippen LogP contribution in [0.25, 0.3) is 0 Å². The summed E-state index contributed by atoms with van der Waals surface area (Å²) in [5.74, 6) is 0.706. The number of benzene rings is 1. The molecule has 0 spiro atoms. The molecule has 0 radical (unpaired) electrons. The third-order valence-corrected chi connectivity index (χ3v) is 4.65. The van der Waals surface area contributed by atoms with E-state index in [1.807, 2.05) is 6.07 Å². The molecule has 1 aliphatic carbocycles. The van der Waals surface area contributed by atoms with E-state index in [0.29, 0.717) is 17.5 Å². The molecule has 2 rings (SSSR count). The Morgan fingerprint density at radius 3 is 2.73 bits per heavy atom. The van der Waals surface area contributed by atoms with Gasteiger partial charge in [-0.25, -0.2) is 0 Å². The van der Waals surface area contributed by atoms with Crippen molar-refractivity contribution in [3.63, 3.8) is 0 Å². The molecule has 3 N–H and O–H groups in total. The van der Waals surface area contributed by atoms with Gasteiger partial charge in [0.05, 0.1) is 10.7 Å². The summed E-state index contributed by atoms with van der Waals surface area (Å²) in [5, 5.41) is 3.61. The number of nitrogens with two attached hydrogens (primary N) is 1. The van der Waals surface area contributed by atoms with Gasteiger partial charge in [-0.05, 0) is 53.1 Å². The minimum absolute atomic E-state index is 0.147. The van der Waals surface area contributed by atoms with Crippen molar-refractivity contribution in [3.05, 3.63) is 21.3 Å². The number of hydrogen-bond donors (Lipinski definition) is 2. The number of nitrogens with one attached hydrogen (secondary N) is 1. The van der Waals surface area contributed by atoms with Gasteiger partial charge in [-0.3, -0.25) is 4.79 Å². The molecule has 1 saturated carbocycles. The summed E-state index contributed by atoms with van der Waals surface area (Å²) in [6, 6.07) is 4.62. The summed E-state index contributed by atoms with van der Waals surface area (Å²) in [6.45, 7) is 0.666. The predicted octanol–water partition coefficient (Wildman–Crippen LogP) is 2.59. The fraction of sp³-hybridized carbons (Fsp3) is 0.562. The lowest BCUT2D eigenvalue weighted by molar-refractivity contribution is -0.119. The summed E-state index contributed by atoms with van der Waals surface area (Å²) in [4.78, 5) is 10.9. The number of methoxy groups -OCH3 is 1. The van der Waals surface area contributed by atoms with E-state index in [1.54, 1.807) is 7.11 Å². The standard InChI is InChI=1S/C16H23IN2O3/c1-21-14-8-11(9-19-12-5-3-2-4-6-12)7-13(17)16(14)22-10-15(18)20/h7-8,12,19H,2-6,9-10H2,1H3,(H2,18,20). The van der Waals surface area contributed by atoms with Gasteiger partial charge >= 0.3 is 0 Å². The van der Waals surface area contributed by atoms with Crippen molar-refractivity contribution < 1.29 is 14.3 Å². The lowest BCUT2D eigenvalue weighted by Crippen LogP contribution is -2.30. The van der Waals surface area contributed by atoms with Crippen LogP contribution in [0.2, 0.25) is 0 Å². The molecule has 1 fully saturated rings. The molecule has 22 heavy (non-hydrogen) atoms. The normalized spacial score (nSPS) is 15.5. The summed E-state index contributed by atoms with van der Waals surface area (Å²) in [5.41, 5.74) is 6.28. The van der Waals surface area contributed by atoms with Gasteiger partial charge in [0, 0.05) is 12.6 Å². The molecule has 0 saturated heterocycles. The minimum Gasteiger partial charge on any atom is -0.493 e. The second-order valence-electron chi connectivity index (χ2n) is 5.58. The Kier molecular flexibility index (Phi) is 6.75. The van der Waals surface area contributed by atoms with E-state index in [-0.39, 0.29) is 6.61 Å². The average molecular weight is 418 g/mol. The number of rotatable bonds is 7. The van der Waals surface area contributed by atoms with Crippen LogP contribution in [-0.4, -0.2) is 25.7 Å². The van der Waals surface area contributed by atoms with Crippen LogP contribution in [0.1, 0.15) is 37.7 Å². The van der Waals surface area contributed by atoms with Crippen LogP contribution in [0, 0.1) is 3.57 Å². The van der Waals surface area contributed by atoms with E-state index >= 15 is 0 Å². The van der Waals surface area contributed by atoms with Gasteiger partial charge in [0.1, 0.15) is 0 Å². The van der Waals surface area contributed by atoms with Crippen LogP contribution in [-0.2, 0) is 11.3 Å². The van der Waals surface area contributed by atoms with Crippen molar-refractivity contribution in [1.82, 2.24) is 5.32 Å². The van der Waals surface area contributed by atoms with Crippen molar-refractivity contribution in [2.45, 2.75) is 44.7 Å². The highest BCUT2D eigenvalue weighted by Gasteiger charge is 2.15.